The molecule has 5 heteroatoms. The number of rotatable bonds is 2. The van der Waals surface area contributed by atoms with Gasteiger partial charge in [0.15, 0.2) is 0 Å². The molecule has 1 rings (SSSR count). The second-order valence-electron chi connectivity index (χ2n) is 1.91. The van der Waals surface area contributed by atoms with Crippen molar-refractivity contribution in [2.45, 2.75) is 13.5 Å². The quantitative estimate of drug-likeness (QED) is 0.374. The third-order valence-corrected chi connectivity index (χ3v) is 1.24. The molecule has 0 saturated heterocycles. The molecule has 0 aliphatic rings. The topological polar surface area (TPSA) is 77.4 Å². The van der Waals surface area contributed by atoms with Crippen molar-refractivity contribution in [1.82, 2.24) is 10.2 Å². The van der Waals surface area contributed by atoms with Crippen LogP contribution in [0.2, 0.25) is 0 Å². The van der Waals surface area contributed by atoms with Crippen LogP contribution in [-0.2, 0) is 6.54 Å². The Kier molecular flexibility index (Phi) is 1.92. The van der Waals surface area contributed by atoms with Gasteiger partial charge in [0.25, 0.3) is 0 Å². The smallest absolute Gasteiger partial charge is 0.0544 e. The molecule has 0 saturated carbocycles. The summed E-state index contributed by atoms with van der Waals surface area (Å²) in [5.41, 5.74) is 9.88. The third kappa shape index (κ3) is 1.27. The van der Waals surface area contributed by atoms with Crippen molar-refractivity contribution in [1.29, 1.82) is 0 Å². The number of nitrogens with one attached hydrogen (secondary N) is 1. The van der Waals surface area contributed by atoms with Crippen molar-refractivity contribution in [3.05, 3.63) is 27.9 Å². The molecule has 0 fully saturated rings. The van der Waals surface area contributed by atoms with Crippen molar-refractivity contribution in [2.75, 3.05) is 0 Å². The van der Waals surface area contributed by atoms with Crippen LogP contribution >= 0.6 is 0 Å². The number of azide groups is 1. The third-order valence-electron chi connectivity index (χ3n) is 1.24. The fraction of sp³-hybridized carbons (Fsp3) is 0.400. The van der Waals surface area contributed by atoms with E-state index in [1.807, 2.05) is 6.92 Å². The second-order valence-corrected chi connectivity index (χ2v) is 1.91. The Bertz CT molecular complexity index is 257. The van der Waals surface area contributed by atoms with E-state index in [1.165, 1.54) is 0 Å². The molecule has 0 spiro atoms. The highest BCUT2D eigenvalue weighted by Gasteiger charge is 1.95. The van der Waals surface area contributed by atoms with Crippen LogP contribution in [0.3, 0.4) is 0 Å². The van der Waals surface area contributed by atoms with Gasteiger partial charge in [-0.05, 0) is 18.0 Å². The lowest BCUT2D eigenvalue weighted by Gasteiger charge is -1.87. The van der Waals surface area contributed by atoms with Crippen LogP contribution in [0.4, 0.5) is 0 Å². The van der Waals surface area contributed by atoms with Crippen LogP contribution in [0, 0.1) is 6.92 Å². The average Bonchev–Trinajstić information content (AvgIpc) is 2.31. The predicted octanol–water partition coefficient (Wildman–Crippen LogP) is 1.53. The Balaban J connectivity index is 2.74. The van der Waals surface area contributed by atoms with Crippen LogP contribution in [0.25, 0.3) is 10.4 Å². The number of aryl methyl sites for hydroxylation is 1. The molecular formula is C5H7N5. The normalized spacial score (nSPS) is 8.90. The monoisotopic (exact) mass is 137 g/mol. The molecular weight excluding hydrogens is 130 g/mol. The molecule has 0 amide bonds. The molecule has 0 bridgehead atoms. The number of H-pyrrole nitrogens is 1. The summed E-state index contributed by atoms with van der Waals surface area (Å²) in [6, 6.07) is 0. The van der Waals surface area contributed by atoms with Gasteiger partial charge in [0.05, 0.1) is 12.7 Å². The van der Waals surface area contributed by atoms with E-state index < -0.39 is 0 Å². The average molecular weight is 137 g/mol. The maximum Gasteiger partial charge on any atom is 0.0544 e. The second kappa shape index (κ2) is 2.89. The van der Waals surface area contributed by atoms with Crippen molar-refractivity contribution < 1.29 is 0 Å². The molecule has 0 unspecified atom stereocenters. The van der Waals surface area contributed by atoms with Crippen molar-refractivity contribution >= 4 is 0 Å². The highest BCUT2D eigenvalue weighted by Crippen LogP contribution is 2.03. The number of aromatic amines is 1. The summed E-state index contributed by atoms with van der Waals surface area (Å²) in [7, 11) is 0. The summed E-state index contributed by atoms with van der Waals surface area (Å²) in [5.74, 6) is 0. The minimum Gasteiger partial charge on any atom is -0.283 e. The van der Waals surface area contributed by atoms with Gasteiger partial charge in [0.1, 0.15) is 0 Å². The Morgan fingerprint density at radius 1 is 1.90 bits per heavy atom. The number of nitrogens with zero attached hydrogens (tertiary/aromatic N) is 4. The van der Waals surface area contributed by atoms with E-state index in [9.17, 15) is 0 Å². The van der Waals surface area contributed by atoms with Gasteiger partial charge >= 0.3 is 0 Å². The highest BCUT2D eigenvalue weighted by atomic mass is 15.1. The molecule has 5 nitrogen and oxygen atoms in total. The van der Waals surface area contributed by atoms with Crippen LogP contribution in [0.15, 0.2) is 11.3 Å². The van der Waals surface area contributed by atoms with Gasteiger partial charge in [0.2, 0.25) is 0 Å². The standard InChI is InChI=1S/C5H7N5/c1-4-5(2-7-9-4)3-8-10-6/h2H,3H2,1H3,(H,7,9). The first-order chi connectivity index (χ1) is 4.84. The van der Waals surface area contributed by atoms with Gasteiger partial charge in [0, 0.05) is 10.6 Å². The molecule has 1 heterocycles. The van der Waals surface area contributed by atoms with Gasteiger partial charge in [-0.25, -0.2) is 0 Å². The summed E-state index contributed by atoms with van der Waals surface area (Å²) in [4.78, 5) is 2.64. The maximum absolute atomic E-state index is 7.98. The molecule has 0 aliphatic carbocycles. The fourth-order valence-corrected chi connectivity index (χ4v) is 0.643. The largest absolute Gasteiger partial charge is 0.283 e. The van der Waals surface area contributed by atoms with E-state index in [-0.39, 0.29) is 0 Å². The van der Waals surface area contributed by atoms with Gasteiger partial charge in [-0.2, -0.15) is 5.10 Å². The summed E-state index contributed by atoms with van der Waals surface area (Å²) < 4.78 is 0. The summed E-state index contributed by atoms with van der Waals surface area (Å²) >= 11 is 0. The first-order valence-electron chi connectivity index (χ1n) is 2.84. The Morgan fingerprint density at radius 2 is 2.70 bits per heavy atom. The zero-order valence-electron chi connectivity index (χ0n) is 5.57. The molecule has 0 aromatic carbocycles. The van der Waals surface area contributed by atoms with Crippen LogP contribution < -0.4 is 0 Å². The van der Waals surface area contributed by atoms with Crippen LogP contribution in [0.5, 0.6) is 0 Å². The molecule has 0 radical (unpaired) electrons. The van der Waals surface area contributed by atoms with E-state index in [2.05, 4.69) is 20.2 Å². The first kappa shape index (κ1) is 6.64. The van der Waals surface area contributed by atoms with Crippen LogP contribution in [-0.4, -0.2) is 10.2 Å². The highest BCUT2D eigenvalue weighted by molar-refractivity contribution is 5.13. The zero-order valence-corrected chi connectivity index (χ0v) is 5.57. The molecule has 0 aliphatic heterocycles. The molecule has 1 aromatic rings. The lowest BCUT2D eigenvalue weighted by Crippen LogP contribution is -1.79. The fourth-order valence-electron chi connectivity index (χ4n) is 0.643. The van der Waals surface area contributed by atoms with Crippen molar-refractivity contribution in [3.8, 4) is 0 Å². The Morgan fingerprint density at radius 3 is 3.20 bits per heavy atom. The van der Waals surface area contributed by atoms with Crippen LogP contribution in [0.1, 0.15) is 11.3 Å². The van der Waals surface area contributed by atoms with E-state index in [4.69, 9.17) is 5.53 Å². The number of aromatic nitrogens is 2. The Hall–Kier alpha value is -1.48. The zero-order chi connectivity index (χ0) is 7.40. The first-order valence-corrected chi connectivity index (χ1v) is 2.84. The molecule has 0 atom stereocenters. The minimum atomic E-state index is 0.374. The van der Waals surface area contributed by atoms with Gasteiger partial charge in [-0.15, -0.1) is 0 Å². The van der Waals surface area contributed by atoms with E-state index in [0.29, 0.717) is 6.54 Å². The van der Waals surface area contributed by atoms with Gasteiger partial charge in [-0.1, -0.05) is 5.11 Å². The lowest BCUT2D eigenvalue weighted by atomic mass is 10.3. The van der Waals surface area contributed by atoms with E-state index in [0.717, 1.165) is 11.3 Å². The van der Waals surface area contributed by atoms with Crippen molar-refractivity contribution in [3.63, 3.8) is 0 Å². The molecule has 1 N–H and O–H groups in total. The molecule has 10 heavy (non-hydrogen) atoms. The van der Waals surface area contributed by atoms with Gasteiger partial charge in [-0.3, -0.25) is 5.10 Å². The maximum atomic E-state index is 7.98. The lowest BCUT2D eigenvalue weighted by molar-refractivity contribution is 1.01. The predicted molar refractivity (Wildman–Crippen MR) is 36.2 cm³/mol. The van der Waals surface area contributed by atoms with Gasteiger partial charge < -0.3 is 0 Å². The molecule has 1 aromatic heterocycles. The summed E-state index contributed by atoms with van der Waals surface area (Å²) in [5, 5.41) is 9.91. The Labute approximate surface area is 57.7 Å². The number of hydrogen-bond acceptors (Lipinski definition) is 2. The SMILES string of the molecule is Cc1[nH]ncc1CN=[N+]=[N-]. The summed E-state index contributed by atoms with van der Waals surface area (Å²) in [6.45, 7) is 2.26. The van der Waals surface area contributed by atoms with E-state index in [1.54, 1.807) is 6.20 Å². The number of hydrogen-bond donors (Lipinski definition) is 1. The molecule has 52 valence electrons. The van der Waals surface area contributed by atoms with Crippen molar-refractivity contribution in [2.24, 2.45) is 5.11 Å². The minimum absolute atomic E-state index is 0.374. The van der Waals surface area contributed by atoms with E-state index >= 15 is 0 Å². The summed E-state index contributed by atoms with van der Waals surface area (Å²) in [6.07, 6.45) is 1.66.